The Balaban J connectivity index is 2.26. The van der Waals surface area contributed by atoms with E-state index in [2.05, 4.69) is 19.9 Å². The fraction of sp³-hybridized carbons (Fsp3) is 0.467. The van der Waals surface area contributed by atoms with E-state index >= 15 is 0 Å². The topological polar surface area (TPSA) is 29.6 Å². The lowest BCUT2D eigenvalue weighted by Crippen LogP contribution is -2.06. The van der Waals surface area contributed by atoms with E-state index in [1.54, 1.807) is 0 Å². The zero-order chi connectivity index (χ0) is 13.3. The zero-order valence-corrected chi connectivity index (χ0v) is 12.2. The molecule has 1 aromatic rings. The second kappa shape index (κ2) is 5.37. The quantitative estimate of drug-likeness (QED) is 0.780. The summed E-state index contributed by atoms with van der Waals surface area (Å²) in [6, 6.07) is 7.87. The summed E-state index contributed by atoms with van der Waals surface area (Å²) < 4.78 is 18.1. The molecule has 0 amide bonds. The van der Waals surface area contributed by atoms with Gasteiger partial charge in [0.15, 0.2) is 0 Å². The molecule has 1 aliphatic heterocycles. The highest BCUT2D eigenvalue weighted by Crippen LogP contribution is 2.33. The van der Waals surface area contributed by atoms with Gasteiger partial charge in [0.2, 0.25) is 0 Å². The van der Waals surface area contributed by atoms with Crippen LogP contribution in [0.25, 0.3) is 0 Å². The summed E-state index contributed by atoms with van der Waals surface area (Å²) in [4.78, 5) is 1.77. The SMILES string of the molecule is Cc1ccc(S(=O)/C(=C/C(C)C)[C@H]2O[C@@H]2C)cc1. The smallest absolute Gasteiger partial charge is 0.117 e. The third kappa shape index (κ3) is 3.09. The van der Waals surface area contributed by atoms with E-state index in [9.17, 15) is 4.21 Å². The molecule has 0 saturated carbocycles. The molecule has 98 valence electrons. The molecule has 1 unspecified atom stereocenters. The Bertz CT molecular complexity index is 474. The van der Waals surface area contributed by atoms with Gasteiger partial charge in [-0.25, -0.2) is 4.21 Å². The van der Waals surface area contributed by atoms with Gasteiger partial charge < -0.3 is 4.74 Å². The highest BCUT2D eigenvalue weighted by molar-refractivity contribution is 7.89. The van der Waals surface area contributed by atoms with Crippen molar-refractivity contribution in [3.63, 3.8) is 0 Å². The predicted octanol–water partition coefficient (Wildman–Crippen LogP) is 3.43. The van der Waals surface area contributed by atoms with Crippen LogP contribution in [0.1, 0.15) is 26.3 Å². The van der Waals surface area contributed by atoms with E-state index in [-0.39, 0.29) is 12.2 Å². The molecule has 3 heteroatoms. The number of epoxide rings is 1. The van der Waals surface area contributed by atoms with Crippen LogP contribution >= 0.6 is 0 Å². The minimum absolute atomic E-state index is 0.0366. The van der Waals surface area contributed by atoms with Crippen molar-refractivity contribution in [2.75, 3.05) is 0 Å². The van der Waals surface area contributed by atoms with Gasteiger partial charge in [0.25, 0.3) is 0 Å². The molecule has 1 saturated heterocycles. The molecule has 0 spiro atoms. The Morgan fingerprint density at radius 1 is 1.33 bits per heavy atom. The van der Waals surface area contributed by atoms with Crippen molar-refractivity contribution >= 4 is 10.8 Å². The fourth-order valence-electron chi connectivity index (χ4n) is 1.87. The molecule has 0 bridgehead atoms. The van der Waals surface area contributed by atoms with Gasteiger partial charge in [-0.3, -0.25) is 0 Å². The molecule has 1 aliphatic rings. The summed E-state index contributed by atoms with van der Waals surface area (Å²) in [6.07, 6.45) is 2.31. The molecule has 2 nitrogen and oxygen atoms in total. The standard InChI is InChI=1S/C15H20O2S/c1-10(2)9-14(15-12(4)17-15)18(16)13-7-5-11(3)6-8-13/h5-10,12,15H,1-4H3/b14-9+/t12-,15+,18?/m1/s1. The maximum atomic E-state index is 12.6. The molecular formula is C15H20O2S. The molecule has 1 heterocycles. The average Bonchev–Trinajstić information content (AvgIpc) is 3.03. The lowest BCUT2D eigenvalue weighted by Gasteiger charge is -2.07. The van der Waals surface area contributed by atoms with E-state index in [1.165, 1.54) is 5.56 Å². The molecule has 1 aromatic carbocycles. The Kier molecular flexibility index (Phi) is 4.03. The second-order valence-electron chi connectivity index (χ2n) is 5.16. The molecule has 0 radical (unpaired) electrons. The number of benzene rings is 1. The first-order chi connectivity index (χ1) is 8.49. The number of ether oxygens (including phenoxy) is 1. The molecule has 2 rings (SSSR count). The molecular weight excluding hydrogens is 244 g/mol. The van der Waals surface area contributed by atoms with Gasteiger partial charge in [0, 0.05) is 9.80 Å². The largest absolute Gasteiger partial charge is 0.364 e. The highest BCUT2D eigenvalue weighted by Gasteiger charge is 2.40. The molecule has 0 aromatic heterocycles. The van der Waals surface area contributed by atoms with Crippen molar-refractivity contribution < 1.29 is 8.95 Å². The minimum Gasteiger partial charge on any atom is -0.364 e. The van der Waals surface area contributed by atoms with E-state index in [4.69, 9.17) is 4.74 Å². The van der Waals surface area contributed by atoms with Gasteiger partial charge in [-0.1, -0.05) is 37.6 Å². The summed E-state index contributed by atoms with van der Waals surface area (Å²) in [7, 11) is -1.10. The van der Waals surface area contributed by atoms with Gasteiger partial charge in [-0.2, -0.15) is 0 Å². The first-order valence-corrected chi connectivity index (χ1v) is 7.49. The van der Waals surface area contributed by atoms with Crippen LogP contribution < -0.4 is 0 Å². The van der Waals surface area contributed by atoms with Crippen molar-refractivity contribution in [1.29, 1.82) is 0 Å². The average molecular weight is 264 g/mol. The van der Waals surface area contributed by atoms with Crippen molar-refractivity contribution in [2.45, 2.75) is 44.8 Å². The number of rotatable bonds is 4. The van der Waals surface area contributed by atoms with Crippen LogP contribution in [0.2, 0.25) is 0 Å². The van der Waals surface area contributed by atoms with Crippen molar-refractivity contribution in [2.24, 2.45) is 5.92 Å². The van der Waals surface area contributed by atoms with Crippen LogP contribution in [0.3, 0.4) is 0 Å². The van der Waals surface area contributed by atoms with Crippen molar-refractivity contribution in [3.05, 3.63) is 40.8 Å². The van der Waals surface area contributed by atoms with Gasteiger partial charge in [0.1, 0.15) is 6.10 Å². The Morgan fingerprint density at radius 2 is 1.89 bits per heavy atom. The van der Waals surface area contributed by atoms with Gasteiger partial charge >= 0.3 is 0 Å². The number of hydrogen-bond acceptors (Lipinski definition) is 2. The summed E-state index contributed by atoms with van der Waals surface area (Å²) in [6.45, 7) is 8.24. The minimum atomic E-state index is -1.10. The maximum absolute atomic E-state index is 12.6. The summed E-state index contributed by atoms with van der Waals surface area (Å²) in [5.74, 6) is 0.380. The third-order valence-corrected chi connectivity index (χ3v) is 4.44. The summed E-state index contributed by atoms with van der Waals surface area (Å²) in [5, 5.41) is 0. The molecule has 18 heavy (non-hydrogen) atoms. The Hall–Kier alpha value is -0.930. The van der Waals surface area contributed by atoms with Crippen LogP contribution in [-0.4, -0.2) is 16.4 Å². The molecule has 0 N–H and O–H groups in total. The molecule has 3 atom stereocenters. The molecule has 0 aliphatic carbocycles. The fourth-order valence-corrected chi connectivity index (χ4v) is 3.38. The van der Waals surface area contributed by atoms with Crippen LogP contribution in [-0.2, 0) is 15.5 Å². The number of hydrogen-bond donors (Lipinski definition) is 0. The van der Waals surface area contributed by atoms with Gasteiger partial charge in [0.05, 0.1) is 16.9 Å². The van der Waals surface area contributed by atoms with Crippen LogP contribution in [0, 0.1) is 12.8 Å². The normalized spacial score (nSPS) is 25.3. The van der Waals surface area contributed by atoms with E-state index in [0.717, 1.165) is 9.80 Å². The monoisotopic (exact) mass is 264 g/mol. The van der Waals surface area contributed by atoms with Crippen LogP contribution in [0.4, 0.5) is 0 Å². The number of allylic oxidation sites excluding steroid dienone is 1. The first kappa shape index (κ1) is 13.5. The maximum Gasteiger partial charge on any atom is 0.117 e. The molecule has 1 fully saturated rings. The van der Waals surface area contributed by atoms with E-state index in [0.29, 0.717) is 5.92 Å². The lowest BCUT2D eigenvalue weighted by molar-refractivity contribution is 0.398. The van der Waals surface area contributed by atoms with E-state index in [1.807, 2.05) is 38.1 Å². The van der Waals surface area contributed by atoms with Gasteiger partial charge in [-0.05, 0) is 31.9 Å². The van der Waals surface area contributed by atoms with Crippen LogP contribution in [0.15, 0.2) is 40.1 Å². The Labute approximate surface area is 112 Å². The van der Waals surface area contributed by atoms with Crippen molar-refractivity contribution in [3.8, 4) is 0 Å². The number of aryl methyl sites for hydroxylation is 1. The van der Waals surface area contributed by atoms with E-state index < -0.39 is 10.8 Å². The highest BCUT2D eigenvalue weighted by atomic mass is 32.2. The Morgan fingerprint density at radius 3 is 2.33 bits per heavy atom. The van der Waals surface area contributed by atoms with Crippen molar-refractivity contribution in [1.82, 2.24) is 0 Å². The zero-order valence-electron chi connectivity index (χ0n) is 11.3. The van der Waals surface area contributed by atoms with Crippen LogP contribution in [0.5, 0.6) is 0 Å². The lowest BCUT2D eigenvalue weighted by atomic mass is 10.2. The third-order valence-electron chi connectivity index (χ3n) is 2.94. The first-order valence-electron chi connectivity index (χ1n) is 6.34. The predicted molar refractivity (Wildman–Crippen MR) is 74.8 cm³/mol. The van der Waals surface area contributed by atoms with Gasteiger partial charge in [-0.15, -0.1) is 0 Å². The second-order valence-corrected chi connectivity index (χ2v) is 6.64. The summed E-state index contributed by atoms with van der Waals surface area (Å²) in [5.41, 5.74) is 1.18. The summed E-state index contributed by atoms with van der Waals surface area (Å²) >= 11 is 0.